The smallest absolute Gasteiger partial charge is 0.337 e. The van der Waals surface area contributed by atoms with E-state index in [1.165, 1.54) is 19.5 Å². The molecule has 4 rings (SSSR count). The van der Waals surface area contributed by atoms with Crippen molar-refractivity contribution in [2.45, 2.75) is 0 Å². The van der Waals surface area contributed by atoms with Gasteiger partial charge in [0.2, 0.25) is 6.79 Å². The quantitative estimate of drug-likeness (QED) is 0.638. The molecule has 2 N–H and O–H groups in total. The zero-order valence-corrected chi connectivity index (χ0v) is 15.3. The van der Waals surface area contributed by atoms with Crippen molar-refractivity contribution in [1.82, 2.24) is 9.97 Å². The van der Waals surface area contributed by atoms with Crippen LogP contribution in [0.2, 0.25) is 0 Å². The van der Waals surface area contributed by atoms with Crippen LogP contribution in [0.25, 0.3) is 0 Å². The fourth-order valence-electron chi connectivity index (χ4n) is 2.67. The molecule has 1 aliphatic rings. The summed E-state index contributed by atoms with van der Waals surface area (Å²) in [6, 6.07) is 13.3. The summed E-state index contributed by atoms with van der Waals surface area (Å²) >= 11 is 0. The number of fused-ring (bicyclic) bond motifs is 1. The van der Waals surface area contributed by atoms with Crippen molar-refractivity contribution in [1.29, 1.82) is 0 Å². The Morgan fingerprint density at radius 3 is 2.52 bits per heavy atom. The summed E-state index contributed by atoms with van der Waals surface area (Å²) in [7, 11) is 1.31. The van der Waals surface area contributed by atoms with Gasteiger partial charge in [0.25, 0.3) is 5.91 Å². The summed E-state index contributed by atoms with van der Waals surface area (Å²) in [5.41, 5.74) is 1.83. The van der Waals surface area contributed by atoms with Crippen LogP contribution in [-0.4, -0.2) is 35.7 Å². The van der Waals surface area contributed by atoms with E-state index in [1.807, 2.05) is 6.07 Å². The molecule has 0 radical (unpaired) electrons. The van der Waals surface area contributed by atoms with Gasteiger partial charge in [-0.2, -0.15) is 0 Å². The summed E-state index contributed by atoms with van der Waals surface area (Å²) in [5, 5.41) is 5.82. The van der Waals surface area contributed by atoms with Gasteiger partial charge in [-0.25, -0.2) is 14.8 Å². The number of esters is 1. The van der Waals surface area contributed by atoms with Crippen molar-refractivity contribution in [3.63, 3.8) is 0 Å². The predicted octanol–water partition coefficient (Wildman–Crippen LogP) is 2.99. The van der Waals surface area contributed by atoms with Gasteiger partial charge < -0.3 is 24.8 Å². The van der Waals surface area contributed by atoms with Crippen LogP contribution < -0.4 is 20.1 Å². The van der Waals surface area contributed by atoms with Gasteiger partial charge in [-0.05, 0) is 36.4 Å². The number of carbonyl (C=O) groups is 2. The van der Waals surface area contributed by atoms with Crippen molar-refractivity contribution in [3.8, 4) is 11.5 Å². The molecule has 0 spiro atoms. The fraction of sp³-hybridized carbons (Fsp3) is 0.100. The molecule has 146 valence electrons. The first kappa shape index (κ1) is 18.2. The molecular weight excluding hydrogens is 376 g/mol. The highest BCUT2D eigenvalue weighted by Crippen LogP contribution is 2.34. The van der Waals surface area contributed by atoms with Crippen molar-refractivity contribution < 1.29 is 23.8 Å². The van der Waals surface area contributed by atoms with Crippen LogP contribution in [0, 0.1) is 0 Å². The van der Waals surface area contributed by atoms with Crippen LogP contribution in [0.15, 0.2) is 54.9 Å². The zero-order valence-electron chi connectivity index (χ0n) is 15.3. The van der Waals surface area contributed by atoms with E-state index in [4.69, 9.17) is 9.47 Å². The van der Waals surface area contributed by atoms with Crippen LogP contribution in [0.4, 0.5) is 17.2 Å². The van der Waals surface area contributed by atoms with E-state index in [-0.39, 0.29) is 12.5 Å². The predicted molar refractivity (Wildman–Crippen MR) is 104 cm³/mol. The standard InChI is InChI=1S/C20H16N4O5/c1-27-20(26)12-2-4-13(5-3-12)24-19(25)15-9-18(22-10-21-15)23-14-6-7-16-17(8-14)29-11-28-16/h2-10H,11H2,1H3,(H,24,25)(H,21,22,23). The van der Waals surface area contributed by atoms with E-state index in [9.17, 15) is 9.59 Å². The molecule has 0 saturated carbocycles. The largest absolute Gasteiger partial charge is 0.465 e. The van der Waals surface area contributed by atoms with E-state index >= 15 is 0 Å². The van der Waals surface area contributed by atoms with Crippen molar-refractivity contribution in [3.05, 3.63) is 66.1 Å². The highest BCUT2D eigenvalue weighted by Gasteiger charge is 2.14. The molecule has 0 bridgehead atoms. The van der Waals surface area contributed by atoms with Crippen molar-refractivity contribution >= 4 is 29.1 Å². The van der Waals surface area contributed by atoms with Gasteiger partial charge in [0.05, 0.1) is 12.7 Å². The van der Waals surface area contributed by atoms with E-state index in [2.05, 4.69) is 25.3 Å². The second-order valence-corrected chi connectivity index (χ2v) is 6.00. The third kappa shape index (κ3) is 4.08. The number of carbonyl (C=O) groups excluding carboxylic acids is 2. The minimum Gasteiger partial charge on any atom is -0.465 e. The Bertz CT molecular complexity index is 1070. The van der Waals surface area contributed by atoms with E-state index in [1.54, 1.807) is 36.4 Å². The number of rotatable bonds is 5. The topological polar surface area (TPSA) is 112 Å². The molecule has 1 amide bonds. The third-order valence-electron chi connectivity index (χ3n) is 4.11. The van der Waals surface area contributed by atoms with Crippen molar-refractivity contribution in [2.24, 2.45) is 0 Å². The van der Waals surface area contributed by atoms with Gasteiger partial charge in [-0.1, -0.05) is 0 Å². The summed E-state index contributed by atoms with van der Waals surface area (Å²) in [6.45, 7) is 0.192. The minimum absolute atomic E-state index is 0.181. The maximum absolute atomic E-state index is 12.5. The number of anilines is 3. The van der Waals surface area contributed by atoms with Crippen LogP contribution in [-0.2, 0) is 4.74 Å². The second kappa shape index (κ2) is 7.85. The van der Waals surface area contributed by atoms with Gasteiger partial charge >= 0.3 is 5.97 Å². The molecule has 3 aromatic rings. The van der Waals surface area contributed by atoms with Crippen LogP contribution in [0.3, 0.4) is 0 Å². The molecule has 1 aromatic heterocycles. The molecule has 1 aliphatic heterocycles. The lowest BCUT2D eigenvalue weighted by Crippen LogP contribution is -2.14. The van der Waals surface area contributed by atoms with E-state index < -0.39 is 11.9 Å². The number of hydrogen-bond donors (Lipinski definition) is 2. The first-order chi connectivity index (χ1) is 14.1. The minimum atomic E-state index is -0.446. The summed E-state index contributed by atoms with van der Waals surface area (Å²) in [5.74, 6) is 0.906. The van der Waals surface area contributed by atoms with Crippen LogP contribution in [0.5, 0.6) is 11.5 Å². The maximum Gasteiger partial charge on any atom is 0.337 e. The summed E-state index contributed by atoms with van der Waals surface area (Å²) in [4.78, 5) is 32.1. The number of amides is 1. The number of benzene rings is 2. The van der Waals surface area contributed by atoms with E-state index in [0.717, 1.165) is 5.69 Å². The van der Waals surface area contributed by atoms with Gasteiger partial charge in [-0.15, -0.1) is 0 Å². The molecule has 0 atom stereocenters. The molecule has 0 unspecified atom stereocenters. The summed E-state index contributed by atoms with van der Waals surface area (Å²) < 4.78 is 15.3. The number of nitrogens with zero attached hydrogens (tertiary/aromatic N) is 2. The Labute approximate surface area is 165 Å². The summed E-state index contributed by atoms with van der Waals surface area (Å²) in [6.07, 6.45) is 1.30. The number of hydrogen-bond acceptors (Lipinski definition) is 8. The Morgan fingerprint density at radius 2 is 1.72 bits per heavy atom. The monoisotopic (exact) mass is 392 g/mol. The Balaban J connectivity index is 1.45. The Hall–Kier alpha value is -4.14. The first-order valence-corrected chi connectivity index (χ1v) is 8.61. The first-order valence-electron chi connectivity index (χ1n) is 8.61. The number of nitrogens with one attached hydrogen (secondary N) is 2. The number of ether oxygens (including phenoxy) is 3. The van der Waals surface area contributed by atoms with E-state index in [0.29, 0.717) is 28.6 Å². The molecular formula is C20H16N4O5. The van der Waals surface area contributed by atoms with Gasteiger partial charge in [0, 0.05) is 23.5 Å². The molecule has 0 aliphatic carbocycles. The lowest BCUT2D eigenvalue weighted by Gasteiger charge is -2.09. The third-order valence-corrected chi connectivity index (χ3v) is 4.11. The highest BCUT2D eigenvalue weighted by atomic mass is 16.7. The zero-order chi connectivity index (χ0) is 20.2. The Kier molecular flexibility index (Phi) is 4.93. The molecule has 2 heterocycles. The van der Waals surface area contributed by atoms with Crippen LogP contribution >= 0.6 is 0 Å². The molecule has 29 heavy (non-hydrogen) atoms. The molecule has 9 heteroatoms. The SMILES string of the molecule is COC(=O)c1ccc(NC(=O)c2cc(Nc3ccc4c(c3)OCO4)ncn2)cc1. The molecule has 9 nitrogen and oxygen atoms in total. The lowest BCUT2D eigenvalue weighted by atomic mass is 10.2. The van der Waals surface area contributed by atoms with Gasteiger partial charge in [0.1, 0.15) is 17.8 Å². The second-order valence-electron chi connectivity index (χ2n) is 6.00. The van der Waals surface area contributed by atoms with Gasteiger partial charge in [-0.3, -0.25) is 4.79 Å². The lowest BCUT2D eigenvalue weighted by molar-refractivity contribution is 0.0600. The van der Waals surface area contributed by atoms with Gasteiger partial charge in [0.15, 0.2) is 11.5 Å². The average Bonchev–Trinajstić information content (AvgIpc) is 3.22. The number of aromatic nitrogens is 2. The van der Waals surface area contributed by atoms with Crippen LogP contribution in [0.1, 0.15) is 20.8 Å². The normalized spacial score (nSPS) is 11.6. The molecule has 0 saturated heterocycles. The number of methoxy groups -OCH3 is 1. The average molecular weight is 392 g/mol. The van der Waals surface area contributed by atoms with Crippen molar-refractivity contribution in [2.75, 3.05) is 24.5 Å². The Morgan fingerprint density at radius 1 is 0.966 bits per heavy atom. The fourth-order valence-corrected chi connectivity index (χ4v) is 2.67. The maximum atomic E-state index is 12.5. The molecule has 2 aromatic carbocycles. The highest BCUT2D eigenvalue weighted by molar-refractivity contribution is 6.03. The molecule has 0 fully saturated rings.